The van der Waals surface area contributed by atoms with E-state index in [0.717, 1.165) is 19.3 Å². The average Bonchev–Trinajstić information content (AvgIpc) is 2.08. The zero-order valence-electron chi connectivity index (χ0n) is 9.27. The van der Waals surface area contributed by atoms with Crippen LogP contribution >= 0.6 is 0 Å². The summed E-state index contributed by atoms with van der Waals surface area (Å²) in [7, 11) is -3.98. The third-order valence-corrected chi connectivity index (χ3v) is 2.79. The average molecular weight is 237 g/mol. The molecule has 6 heteroatoms. The van der Waals surface area contributed by atoms with Crippen LogP contribution in [0.5, 0.6) is 0 Å². The van der Waals surface area contributed by atoms with E-state index in [2.05, 4.69) is 6.92 Å². The molecule has 0 aromatic rings. The maximum absolute atomic E-state index is 11.1. The van der Waals surface area contributed by atoms with Gasteiger partial charge in [0.25, 0.3) is 10.1 Å². The number of hydrogen-bond acceptors (Lipinski definition) is 3. The zero-order valence-corrected chi connectivity index (χ0v) is 10.1. The second kappa shape index (κ2) is 6.79. The molecule has 0 aromatic carbocycles. The first kappa shape index (κ1) is 14.4. The van der Waals surface area contributed by atoms with Crippen LogP contribution in [0.2, 0.25) is 0 Å². The number of amides is 1. The normalized spacial score (nSPS) is 11.4. The smallest absolute Gasteiger partial charge is 0.266 e. The van der Waals surface area contributed by atoms with Crippen molar-refractivity contribution in [3.63, 3.8) is 0 Å². The van der Waals surface area contributed by atoms with E-state index in [4.69, 9.17) is 4.55 Å². The molecule has 0 bridgehead atoms. The minimum atomic E-state index is -3.98. The van der Waals surface area contributed by atoms with Crippen molar-refractivity contribution in [2.75, 3.05) is 18.8 Å². The lowest BCUT2D eigenvalue weighted by Gasteiger charge is -2.19. The Morgan fingerprint density at radius 3 is 2.27 bits per heavy atom. The Bertz CT molecular complexity index is 286. The van der Waals surface area contributed by atoms with Crippen LogP contribution in [0.25, 0.3) is 0 Å². The molecule has 0 atom stereocenters. The highest BCUT2D eigenvalue weighted by Crippen LogP contribution is 1.99. The highest BCUT2D eigenvalue weighted by Gasteiger charge is 2.12. The molecule has 0 heterocycles. The Labute approximate surface area is 91.2 Å². The van der Waals surface area contributed by atoms with Crippen LogP contribution in [0.15, 0.2) is 0 Å². The van der Waals surface area contributed by atoms with Gasteiger partial charge in [0.1, 0.15) is 0 Å². The molecule has 0 rings (SSSR count). The molecule has 0 spiro atoms. The third kappa shape index (κ3) is 8.38. The Morgan fingerprint density at radius 1 is 1.27 bits per heavy atom. The summed E-state index contributed by atoms with van der Waals surface area (Å²) in [5.41, 5.74) is 0. The van der Waals surface area contributed by atoms with E-state index in [9.17, 15) is 13.2 Å². The molecule has 15 heavy (non-hydrogen) atoms. The Hall–Kier alpha value is -0.620. The molecule has 1 N–H and O–H groups in total. The summed E-state index contributed by atoms with van der Waals surface area (Å²) in [6, 6.07) is 0. The standard InChI is InChI=1S/C9H19NO4S/c1-3-4-5-6-10(9(2)11)7-8-15(12,13)14/h3-8H2,1-2H3,(H,12,13,14). The van der Waals surface area contributed by atoms with Gasteiger partial charge in [-0.3, -0.25) is 9.35 Å². The van der Waals surface area contributed by atoms with Crippen LogP contribution in [0.4, 0.5) is 0 Å². The molecule has 1 amide bonds. The van der Waals surface area contributed by atoms with Gasteiger partial charge in [-0.2, -0.15) is 8.42 Å². The van der Waals surface area contributed by atoms with Gasteiger partial charge in [0, 0.05) is 20.0 Å². The van der Waals surface area contributed by atoms with Crippen molar-refractivity contribution in [1.82, 2.24) is 4.90 Å². The fraction of sp³-hybridized carbons (Fsp3) is 0.889. The van der Waals surface area contributed by atoms with Gasteiger partial charge in [-0.05, 0) is 6.42 Å². The summed E-state index contributed by atoms with van der Waals surface area (Å²) >= 11 is 0. The molecule has 5 nitrogen and oxygen atoms in total. The lowest BCUT2D eigenvalue weighted by Crippen LogP contribution is -2.34. The van der Waals surface area contributed by atoms with Crippen molar-refractivity contribution in [3.8, 4) is 0 Å². The molecule has 0 aliphatic carbocycles. The summed E-state index contributed by atoms with van der Waals surface area (Å²) in [5, 5.41) is 0. The maximum atomic E-state index is 11.1. The van der Waals surface area contributed by atoms with Crippen LogP contribution in [-0.4, -0.2) is 42.6 Å². The van der Waals surface area contributed by atoms with E-state index in [0.29, 0.717) is 6.54 Å². The van der Waals surface area contributed by atoms with Crippen molar-refractivity contribution >= 4 is 16.0 Å². The number of carbonyl (C=O) groups is 1. The topological polar surface area (TPSA) is 74.7 Å². The predicted molar refractivity (Wildman–Crippen MR) is 58.2 cm³/mol. The number of carbonyl (C=O) groups excluding carboxylic acids is 1. The molecule has 0 aromatic heterocycles. The van der Waals surface area contributed by atoms with Crippen molar-refractivity contribution in [2.24, 2.45) is 0 Å². The van der Waals surface area contributed by atoms with Crippen LogP contribution in [-0.2, 0) is 14.9 Å². The molecule has 0 saturated heterocycles. The van der Waals surface area contributed by atoms with Crippen LogP contribution in [0.3, 0.4) is 0 Å². The predicted octanol–water partition coefficient (Wildman–Crippen LogP) is 0.913. The molecule has 0 fully saturated rings. The highest BCUT2D eigenvalue weighted by molar-refractivity contribution is 7.85. The van der Waals surface area contributed by atoms with Gasteiger partial charge in [0.2, 0.25) is 5.91 Å². The van der Waals surface area contributed by atoms with Gasteiger partial charge in [0.15, 0.2) is 0 Å². The number of rotatable bonds is 7. The van der Waals surface area contributed by atoms with Crippen LogP contribution in [0.1, 0.15) is 33.1 Å². The maximum Gasteiger partial charge on any atom is 0.266 e. The van der Waals surface area contributed by atoms with E-state index in [-0.39, 0.29) is 12.5 Å². The number of unbranched alkanes of at least 4 members (excludes halogenated alkanes) is 2. The quantitative estimate of drug-likeness (QED) is 0.527. The fourth-order valence-electron chi connectivity index (χ4n) is 1.20. The number of hydrogen-bond donors (Lipinski definition) is 1. The minimum absolute atomic E-state index is 0.0673. The summed E-state index contributed by atoms with van der Waals surface area (Å²) in [4.78, 5) is 12.6. The first-order valence-corrected chi connectivity index (χ1v) is 6.68. The van der Waals surface area contributed by atoms with E-state index in [1.165, 1.54) is 11.8 Å². The number of nitrogens with zero attached hydrogens (tertiary/aromatic N) is 1. The van der Waals surface area contributed by atoms with Crippen molar-refractivity contribution < 1.29 is 17.8 Å². The van der Waals surface area contributed by atoms with Gasteiger partial charge in [0.05, 0.1) is 5.75 Å². The fourth-order valence-corrected chi connectivity index (χ4v) is 1.66. The summed E-state index contributed by atoms with van der Waals surface area (Å²) in [6.45, 7) is 4.07. The Kier molecular flexibility index (Phi) is 6.51. The van der Waals surface area contributed by atoms with Gasteiger partial charge < -0.3 is 4.90 Å². The van der Waals surface area contributed by atoms with Gasteiger partial charge in [-0.15, -0.1) is 0 Å². The molecule has 90 valence electrons. The van der Waals surface area contributed by atoms with Gasteiger partial charge in [-0.1, -0.05) is 19.8 Å². The zero-order chi connectivity index (χ0) is 11.9. The second-order valence-electron chi connectivity index (χ2n) is 3.50. The van der Waals surface area contributed by atoms with Crippen molar-refractivity contribution in [3.05, 3.63) is 0 Å². The van der Waals surface area contributed by atoms with E-state index < -0.39 is 15.9 Å². The van der Waals surface area contributed by atoms with E-state index >= 15 is 0 Å². The summed E-state index contributed by atoms with van der Waals surface area (Å²) in [5.74, 6) is -0.548. The van der Waals surface area contributed by atoms with Gasteiger partial charge in [-0.25, -0.2) is 0 Å². The monoisotopic (exact) mass is 237 g/mol. The first-order valence-electron chi connectivity index (χ1n) is 5.07. The second-order valence-corrected chi connectivity index (χ2v) is 5.07. The Balaban J connectivity index is 4.00. The Morgan fingerprint density at radius 2 is 1.87 bits per heavy atom. The summed E-state index contributed by atoms with van der Waals surface area (Å²) in [6.07, 6.45) is 2.92. The minimum Gasteiger partial charge on any atom is -0.342 e. The highest BCUT2D eigenvalue weighted by atomic mass is 32.2. The van der Waals surface area contributed by atoms with E-state index in [1.807, 2.05) is 0 Å². The molecular weight excluding hydrogens is 218 g/mol. The first-order chi connectivity index (χ1) is 6.87. The molecule has 0 aliphatic rings. The molecule has 0 aliphatic heterocycles. The molecule has 0 saturated carbocycles. The lowest BCUT2D eigenvalue weighted by atomic mass is 10.2. The van der Waals surface area contributed by atoms with Crippen LogP contribution < -0.4 is 0 Å². The third-order valence-electron chi connectivity index (χ3n) is 2.10. The van der Waals surface area contributed by atoms with Gasteiger partial charge >= 0.3 is 0 Å². The SMILES string of the molecule is CCCCCN(CCS(=O)(=O)O)C(C)=O. The molecule has 0 radical (unpaired) electrons. The molecule has 0 unspecified atom stereocenters. The van der Waals surface area contributed by atoms with Crippen molar-refractivity contribution in [2.45, 2.75) is 33.1 Å². The summed E-state index contributed by atoms with van der Waals surface area (Å²) < 4.78 is 29.6. The van der Waals surface area contributed by atoms with E-state index in [1.54, 1.807) is 0 Å². The molecular formula is C9H19NO4S. The largest absolute Gasteiger partial charge is 0.342 e. The lowest BCUT2D eigenvalue weighted by molar-refractivity contribution is -0.128. The van der Waals surface area contributed by atoms with Crippen molar-refractivity contribution in [1.29, 1.82) is 0 Å². The van der Waals surface area contributed by atoms with Crippen LogP contribution in [0, 0.1) is 0 Å².